The summed E-state index contributed by atoms with van der Waals surface area (Å²) in [5.41, 5.74) is 1.25. The molecule has 6 nitrogen and oxygen atoms in total. The van der Waals surface area contributed by atoms with Crippen LogP contribution in [0.1, 0.15) is 37.7 Å². The fraction of sp³-hybridized carbons (Fsp3) is 0.471. The number of nitrogens with one attached hydrogen (secondary N) is 1. The van der Waals surface area contributed by atoms with Gasteiger partial charge in [-0.1, -0.05) is 44.2 Å². The van der Waals surface area contributed by atoms with Gasteiger partial charge in [-0.3, -0.25) is 10.00 Å². The Morgan fingerprint density at radius 2 is 2.00 bits per heavy atom. The second-order valence-corrected chi connectivity index (χ2v) is 6.96. The van der Waals surface area contributed by atoms with Crippen LogP contribution in [0, 0.1) is 12.3 Å². The van der Waals surface area contributed by atoms with E-state index < -0.39 is 0 Å². The van der Waals surface area contributed by atoms with Crippen LogP contribution in [0.2, 0.25) is 0 Å². The third kappa shape index (κ3) is 3.21. The Kier molecular flexibility index (Phi) is 3.83. The molecule has 1 atom stereocenters. The van der Waals surface area contributed by atoms with Gasteiger partial charge in [0.15, 0.2) is 0 Å². The Balaban J connectivity index is 1.82. The van der Waals surface area contributed by atoms with E-state index in [-0.39, 0.29) is 17.5 Å². The number of rotatable bonds is 2. The molecular formula is C17H23N5O. The average Bonchev–Trinajstić information content (AvgIpc) is 2.99. The number of carbonyl (C=O) groups excluding carboxylic acids is 1. The zero-order valence-electron chi connectivity index (χ0n) is 14.1. The maximum absolute atomic E-state index is 12.7. The monoisotopic (exact) mass is 313 g/mol. The highest BCUT2D eigenvalue weighted by molar-refractivity contribution is 5.88. The lowest BCUT2D eigenvalue weighted by Crippen LogP contribution is -2.36. The molecule has 1 aromatic carbocycles. The number of hydrogen-bond donors (Lipinski definition) is 1. The van der Waals surface area contributed by atoms with Gasteiger partial charge in [0, 0.05) is 13.6 Å². The van der Waals surface area contributed by atoms with Crippen molar-refractivity contribution in [2.24, 2.45) is 12.5 Å². The fourth-order valence-electron chi connectivity index (χ4n) is 3.14. The second-order valence-electron chi connectivity index (χ2n) is 6.96. The van der Waals surface area contributed by atoms with Crippen molar-refractivity contribution in [2.45, 2.75) is 33.2 Å². The van der Waals surface area contributed by atoms with Gasteiger partial charge in [0.1, 0.15) is 5.82 Å². The van der Waals surface area contributed by atoms with Crippen molar-refractivity contribution in [1.82, 2.24) is 19.7 Å². The van der Waals surface area contributed by atoms with E-state index in [1.807, 2.05) is 37.1 Å². The van der Waals surface area contributed by atoms with Gasteiger partial charge >= 0.3 is 6.03 Å². The van der Waals surface area contributed by atoms with Crippen molar-refractivity contribution in [3.05, 3.63) is 41.7 Å². The number of nitrogens with zero attached hydrogens (tertiary/aromatic N) is 4. The zero-order valence-corrected chi connectivity index (χ0v) is 14.1. The van der Waals surface area contributed by atoms with E-state index in [9.17, 15) is 4.79 Å². The molecule has 0 saturated carbocycles. The smallest absolute Gasteiger partial charge is 0.317 e. The number of aromatic nitrogens is 3. The molecule has 1 fully saturated rings. The first-order valence-corrected chi connectivity index (χ1v) is 7.86. The van der Waals surface area contributed by atoms with Crippen LogP contribution in [0.15, 0.2) is 30.3 Å². The first-order chi connectivity index (χ1) is 10.9. The predicted molar refractivity (Wildman–Crippen MR) is 89.0 cm³/mol. The van der Waals surface area contributed by atoms with Crippen LogP contribution in [0.5, 0.6) is 0 Å². The third-order valence-electron chi connectivity index (χ3n) is 4.37. The van der Waals surface area contributed by atoms with Gasteiger partial charge < -0.3 is 4.90 Å². The molecule has 1 N–H and O–H groups in total. The van der Waals surface area contributed by atoms with Crippen LogP contribution in [0.3, 0.4) is 0 Å². The van der Waals surface area contributed by atoms with Crippen molar-refractivity contribution in [3.63, 3.8) is 0 Å². The first-order valence-electron chi connectivity index (χ1n) is 7.86. The van der Waals surface area contributed by atoms with Gasteiger partial charge in [-0.2, -0.15) is 4.98 Å². The summed E-state index contributed by atoms with van der Waals surface area (Å²) in [5, 5.41) is 7.03. The van der Waals surface area contributed by atoms with E-state index in [4.69, 9.17) is 0 Å². The molecule has 0 radical (unpaired) electrons. The summed E-state index contributed by atoms with van der Waals surface area (Å²) in [6.45, 7) is 6.96. The summed E-state index contributed by atoms with van der Waals surface area (Å²) >= 11 is 0. The molecule has 1 aliphatic rings. The number of urea groups is 1. The van der Waals surface area contributed by atoms with Crippen LogP contribution < -0.4 is 5.32 Å². The quantitative estimate of drug-likeness (QED) is 0.926. The van der Waals surface area contributed by atoms with E-state index in [2.05, 4.69) is 41.4 Å². The SMILES string of the molecule is Cc1nc(NC(=O)N2CC(C)(C)CC2c2ccccc2)nn1C. The van der Waals surface area contributed by atoms with E-state index in [0.717, 1.165) is 12.2 Å². The molecule has 122 valence electrons. The predicted octanol–water partition coefficient (Wildman–Crippen LogP) is 3.13. The summed E-state index contributed by atoms with van der Waals surface area (Å²) in [6.07, 6.45) is 0.944. The third-order valence-corrected chi connectivity index (χ3v) is 4.37. The van der Waals surface area contributed by atoms with Crippen molar-refractivity contribution >= 4 is 12.0 Å². The lowest BCUT2D eigenvalue weighted by Gasteiger charge is -2.24. The topological polar surface area (TPSA) is 63.1 Å². The Labute approximate surface area is 136 Å². The molecule has 2 amide bonds. The molecule has 0 bridgehead atoms. The standard InChI is InChI=1S/C17H23N5O/c1-12-18-15(20-21(12)4)19-16(23)22-11-17(2,3)10-14(22)13-8-6-5-7-9-13/h5-9,14H,10-11H2,1-4H3,(H,19,20,23). The minimum Gasteiger partial charge on any atom is -0.317 e. The van der Waals surface area contributed by atoms with Crippen molar-refractivity contribution in [2.75, 3.05) is 11.9 Å². The van der Waals surface area contributed by atoms with Gasteiger partial charge in [0.05, 0.1) is 6.04 Å². The van der Waals surface area contributed by atoms with Crippen molar-refractivity contribution in [1.29, 1.82) is 0 Å². The molecule has 6 heteroatoms. The molecule has 0 aliphatic carbocycles. The minimum atomic E-state index is -0.143. The molecule has 1 aromatic heterocycles. The summed E-state index contributed by atoms with van der Waals surface area (Å²) in [7, 11) is 1.81. The lowest BCUT2D eigenvalue weighted by atomic mass is 9.89. The van der Waals surface area contributed by atoms with Crippen molar-refractivity contribution < 1.29 is 4.79 Å². The maximum atomic E-state index is 12.7. The number of benzene rings is 1. The number of likely N-dealkylation sites (tertiary alicyclic amines) is 1. The molecule has 0 spiro atoms. The molecular weight excluding hydrogens is 290 g/mol. The number of hydrogen-bond acceptors (Lipinski definition) is 3. The second kappa shape index (κ2) is 5.68. The molecule has 1 unspecified atom stereocenters. The molecule has 3 rings (SSSR count). The first kappa shape index (κ1) is 15.5. The Morgan fingerprint density at radius 1 is 1.30 bits per heavy atom. The average molecular weight is 313 g/mol. The Bertz CT molecular complexity index is 688. The Hall–Kier alpha value is -2.37. The van der Waals surface area contributed by atoms with Crippen LogP contribution in [0.25, 0.3) is 0 Å². The summed E-state index contributed by atoms with van der Waals surface area (Å²) in [4.78, 5) is 18.9. The van der Waals surface area contributed by atoms with Gasteiger partial charge in [-0.15, -0.1) is 5.10 Å². The van der Waals surface area contributed by atoms with Gasteiger partial charge in [-0.25, -0.2) is 4.79 Å². The van der Waals surface area contributed by atoms with Crippen LogP contribution in [0.4, 0.5) is 10.7 Å². The van der Waals surface area contributed by atoms with E-state index in [1.54, 1.807) is 4.68 Å². The minimum absolute atomic E-state index is 0.0796. The fourth-order valence-corrected chi connectivity index (χ4v) is 3.14. The zero-order chi connectivity index (χ0) is 16.6. The highest BCUT2D eigenvalue weighted by atomic mass is 16.2. The number of carbonyl (C=O) groups is 1. The van der Waals surface area contributed by atoms with Crippen LogP contribution in [-0.4, -0.2) is 32.2 Å². The molecule has 23 heavy (non-hydrogen) atoms. The summed E-state index contributed by atoms with van der Waals surface area (Å²) in [6, 6.07) is 10.1. The largest absolute Gasteiger partial charge is 0.324 e. The Morgan fingerprint density at radius 3 is 2.61 bits per heavy atom. The summed E-state index contributed by atoms with van der Waals surface area (Å²) < 4.78 is 1.65. The van der Waals surface area contributed by atoms with Crippen LogP contribution in [-0.2, 0) is 7.05 Å². The highest BCUT2D eigenvalue weighted by Gasteiger charge is 2.40. The molecule has 1 aliphatic heterocycles. The van der Waals surface area contributed by atoms with Gasteiger partial charge in [0.2, 0.25) is 5.95 Å². The molecule has 1 saturated heterocycles. The number of aryl methyl sites for hydroxylation is 2. The normalized spacial score (nSPS) is 19.8. The molecule has 2 heterocycles. The lowest BCUT2D eigenvalue weighted by molar-refractivity contribution is 0.203. The maximum Gasteiger partial charge on any atom is 0.324 e. The van der Waals surface area contributed by atoms with Gasteiger partial charge in [-0.05, 0) is 24.3 Å². The summed E-state index contributed by atoms with van der Waals surface area (Å²) in [5.74, 6) is 1.12. The highest BCUT2D eigenvalue weighted by Crippen LogP contribution is 2.42. The van der Waals surface area contributed by atoms with E-state index in [0.29, 0.717) is 12.5 Å². The van der Waals surface area contributed by atoms with Gasteiger partial charge in [0.25, 0.3) is 0 Å². The molecule has 2 aromatic rings. The van der Waals surface area contributed by atoms with Crippen LogP contribution >= 0.6 is 0 Å². The van der Waals surface area contributed by atoms with Crippen molar-refractivity contribution in [3.8, 4) is 0 Å². The van der Waals surface area contributed by atoms with E-state index in [1.165, 1.54) is 5.56 Å². The number of amides is 2. The van der Waals surface area contributed by atoms with E-state index >= 15 is 0 Å². The number of anilines is 1.